The number of carbonyl (C=O) groups excluding carboxylic acids is 1. The summed E-state index contributed by atoms with van der Waals surface area (Å²) >= 11 is 3.24. The predicted molar refractivity (Wildman–Crippen MR) is 80.8 cm³/mol. The van der Waals surface area contributed by atoms with E-state index in [2.05, 4.69) is 35.6 Å². The highest BCUT2D eigenvalue weighted by molar-refractivity contribution is 9.10. The van der Waals surface area contributed by atoms with Crippen LogP contribution >= 0.6 is 15.9 Å². The maximum Gasteiger partial charge on any atom is 0.343 e. The minimum atomic E-state index is -1.24. The molecule has 0 unspecified atom stereocenters. The smallest absolute Gasteiger partial charge is 0.343 e. The fraction of sp³-hybridized carbons (Fsp3) is 0.462. The van der Waals surface area contributed by atoms with Gasteiger partial charge in [0.05, 0.1) is 13.7 Å². The molecule has 0 fully saturated rings. The summed E-state index contributed by atoms with van der Waals surface area (Å²) in [6.07, 6.45) is 0. The zero-order valence-corrected chi connectivity index (χ0v) is 14.2. The summed E-state index contributed by atoms with van der Waals surface area (Å²) in [7, 11) is 0.255. The molecule has 19 heavy (non-hydrogen) atoms. The number of hydrogen-bond donors (Lipinski definition) is 1. The van der Waals surface area contributed by atoms with E-state index in [-0.39, 0.29) is 11.3 Å². The van der Waals surface area contributed by atoms with Crippen LogP contribution in [0.3, 0.4) is 0 Å². The van der Waals surface area contributed by atoms with Crippen molar-refractivity contribution < 1.29 is 19.4 Å². The van der Waals surface area contributed by atoms with Crippen molar-refractivity contribution in [3.63, 3.8) is 0 Å². The molecule has 0 radical (unpaired) electrons. The van der Waals surface area contributed by atoms with Crippen LogP contribution < -0.4 is 4.74 Å². The normalized spacial score (nSPS) is 11.2. The summed E-state index contributed by atoms with van der Waals surface area (Å²) in [4.78, 5) is 11.9. The third-order valence-electron chi connectivity index (χ3n) is 2.57. The van der Waals surface area contributed by atoms with Crippen LogP contribution in [0.15, 0.2) is 16.6 Å². The highest BCUT2D eigenvalue weighted by atomic mass is 79.9. The zero-order valence-electron chi connectivity index (χ0n) is 11.6. The minimum Gasteiger partial charge on any atom is -0.507 e. The molecule has 0 spiro atoms. The molecule has 6 heteroatoms. The molecular weight excluding hydrogens is 328 g/mol. The van der Waals surface area contributed by atoms with Gasteiger partial charge in [-0.2, -0.15) is 0 Å². The molecular formula is C13H19BrO4Si. The molecule has 0 aromatic heterocycles. The van der Waals surface area contributed by atoms with Crippen LogP contribution in [0.5, 0.6) is 11.5 Å². The molecule has 4 nitrogen and oxygen atoms in total. The van der Waals surface area contributed by atoms with Gasteiger partial charge in [0.25, 0.3) is 0 Å². The van der Waals surface area contributed by atoms with E-state index in [0.717, 1.165) is 6.04 Å². The van der Waals surface area contributed by atoms with Gasteiger partial charge in [-0.25, -0.2) is 4.79 Å². The lowest BCUT2D eigenvalue weighted by Crippen LogP contribution is -2.22. The Morgan fingerprint density at radius 1 is 1.37 bits per heavy atom. The number of esters is 1. The van der Waals surface area contributed by atoms with E-state index in [1.54, 1.807) is 6.07 Å². The van der Waals surface area contributed by atoms with Gasteiger partial charge in [-0.05, 0) is 28.0 Å². The molecule has 106 valence electrons. The molecule has 0 saturated carbocycles. The molecule has 1 aromatic carbocycles. The number of rotatable bonds is 5. The van der Waals surface area contributed by atoms with Crippen molar-refractivity contribution in [1.29, 1.82) is 0 Å². The minimum absolute atomic E-state index is 0.136. The molecule has 0 aliphatic heterocycles. The van der Waals surface area contributed by atoms with Crippen molar-refractivity contribution in [2.24, 2.45) is 0 Å². The molecule has 0 bridgehead atoms. The molecule has 0 amide bonds. The van der Waals surface area contributed by atoms with Crippen LogP contribution in [-0.2, 0) is 4.74 Å². The van der Waals surface area contributed by atoms with Gasteiger partial charge >= 0.3 is 5.97 Å². The van der Waals surface area contributed by atoms with Crippen LogP contribution in [0.2, 0.25) is 25.7 Å². The number of hydrogen-bond acceptors (Lipinski definition) is 4. The SMILES string of the molecule is COc1cc(O)c(C(=O)OCC[Si](C)(C)C)c(Br)c1. The fourth-order valence-corrected chi connectivity index (χ4v) is 2.72. The van der Waals surface area contributed by atoms with Crippen molar-refractivity contribution in [2.75, 3.05) is 13.7 Å². The van der Waals surface area contributed by atoms with E-state index in [9.17, 15) is 9.90 Å². The van der Waals surface area contributed by atoms with E-state index in [1.165, 1.54) is 13.2 Å². The number of phenolic OH excluding ortho intramolecular Hbond substituents is 1. The van der Waals surface area contributed by atoms with Gasteiger partial charge < -0.3 is 14.6 Å². The van der Waals surface area contributed by atoms with Gasteiger partial charge in [-0.1, -0.05) is 19.6 Å². The Morgan fingerprint density at radius 2 is 2.00 bits per heavy atom. The first kappa shape index (κ1) is 16.0. The maximum atomic E-state index is 11.9. The molecule has 0 saturated heterocycles. The van der Waals surface area contributed by atoms with Crippen molar-refractivity contribution in [1.82, 2.24) is 0 Å². The zero-order chi connectivity index (χ0) is 14.6. The number of benzene rings is 1. The Hall–Kier alpha value is -1.01. The topological polar surface area (TPSA) is 55.8 Å². The van der Waals surface area contributed by atoms with Gasteiger partial charge in [0, 0.05) is 18.6 Å². The highest BCUT2D eigenvalue weighted by Gasteiger charge is 2.20. The second-order valence-corrected chi connectivity index (χ2v) is 11.9. The maximum absolute atomic E-state index is 11.9. The van der Waals surface area contributed by atoms with Crippen molar-refractivity contribution in [3.05, 3.63) is 22.2 Å². The lowest BCUT2D eigenvalue weighted by atomic mass is 10.2. The van der Waals surface area contributed by atoms with Gasteiger partial charge in [0.2, 0.25) is 0 Å². The number of ether oxygens (including phenoxy) is 2. The molecule has 1 rings (SSSR count). The van der Waals surface area contributed by atoms with Crippen LogP contribution in [-0.4, -0.2) is 32.9 Å². The Balaban J connectivity index is 2.77. The average Bonchev–Trinajstić information content (AvgIpc) is 2.26. The summed E-state index contributed by atoms with van der Waals surface area (Å²) in [5.74, 6) is -0.197. The van der Waals surface area contributed by atoms with E-state index in [4.69, 9.17) is 9.47 Å². The average molecular weight is 347 g/mol. The first-order chi connectivity index (χ1) is 8.74. The van der Waals surface area contributed by atoms with E-state index in [1.807, 2.05) is 0 Å². The summed E-state index contributed by atoms with van der Waals surface area (Å²) in [6.45, 7) is 7.01. The molecule has 1 aromatic rings. The summed E-state index contributed by atoms with van der Waals surface area (Å²) in [5, 5.41) is 9.83. The third-order valence-corrected chi connectivity index (χ3v) is 4.90. The quantitative estimate of drug-likeness (QED) is 0.652. The number of methoxy groups -OCH3 is 1. The largest absolute Gasteiger partial charge is 0.507 e. The second kappa shape index (κ2) is 6.43. The first-order valence-corrected chi connectivity index (χ1v) is 10.5. The van der Waals surface area contributed by atoms with Gasteiger partial charge in [0.1, 0.15) is 17.1 Å². The van der Waals surface area contributed by atoms with E-state index in [0.29, 0.717) is 16.8 Å². The number of halogens is 1. The van der Waals surface area contributed by atoms with E-state index < -0.39 is 14.0 Å². The Bertz CT molecular complexity index is 445. The first-order valence-electron chi connectivity index (χ1n) is 5.98. The standard InChI is InChI=1S/C13H19BrO4Si/c1-17-9-7-10(14)12(11(15)8-9)13(16)18-5-6-19(2,3)4/h7-8,15H,5-6H2,1-4H3. The summed E-state index contributed by atoms with van der Waals surface area (Å²) < 4.78 is 10.7. The molecule has 0 atom stereocenters. The monoisotopic (exact) mass is 346 g/mol. The third kappa shape index (κ3) is 4.87. The Labute approximate surface area is 122 Å². The molecule has 1 N–H and O–H groups in total. The molecule has 0 aliphatic carbocycles. The van der Waals surface area contributed by atoms with Crippen molar-refractivity contribution in [2.45, 2.75) is 25.7 Å². The summed E-state index contributed by atoms with van der Waals surface area (Å²) in [6, 6.07) is 3.90. The van der Waals surface area contributed by atoms with Crippen LogP contribution in [0, 0.1) is 0 Å². The number of carbonyl (C=O) groups is 1. The van der Waals surface area contributed by atoms with Gasteiger partial charge in [0.15, 0.2) is 0 Å². The highest BCUT2D eigenvalue weighted by Crippen LogP contribution is 2.32. The Kier molecular flexibility index (Phi) is 5.43. The molecule has 0 heterocycles. The van der Waals surface area contributed by atoms with Crippen LogP contribution in [0.4, 0.5) is 0 Å². The van der Waals surface area contributed by atoms with Crippen molar-refractivity contribution >= 4 is 30.0 Å². The Morgan fingerprint density at radius 3 is 2.47 bits per heavy atom. The second-order valence-electron chi connectivity index (χ2n) is 5.45. The predicted octanol–water partition coefficient (Wildman–Crippen LogP) is 3.66. The lowest BCUT2D eigenvalue weighted by molar-refractivity contribution is 0.0521. The van der Waals surface area contributed by atoms with Gasteiger partial charge in [-0.3, -0.25) is 0 Å². The summed E-state index contributed by atoms with van der Waals surface area (Å²) in [5.41, 5.74) is 0.136. The fourth-order valence-electron chi connectivity index (χ4n) is 1.41. The van der Waals surface area contributed by atoms with E-state index >= 15 is 0 Å². The van der Waals surface area contributed by atoms with Gasteiger partial charge in [-0.15, -0.1) is 0 Å². The lowest BCUT2D eigenvalue weighted by Gasteiger charge is -2.16. The van der Waals surface area contributed by atoms with Crippen molar-refractivity contribution in [3.8, 4) is 11.5 Å². The molecule has 0 aliphatic rings. The van der Waals surface area contributed by atoms with Crippen LogP contribution in [0.25, 0.3) is 0 Å². The number of aromatic hydroxyl groups is 1. The van der Waals surface area contributed by atoms with Crippen LogP contribution in [0.1, 0.15) is 10.4 Å². The number of phenols is 1.